The number of benzene rings is 1. The van der Waals surface area contributed by atoms with Gasteiger partial charge in [0.2, 0.25) is 5.91 Å². The number of nitrogens with zero attached hydrogens (tertiary/aromatic N) is 2. The molecule has 4 nitrogen and oxygen atoms in total. The predicted octanol–water partition coefficient (Wildman–Crippen LogP) is 2.05. The van der Waals surface area contributed by atoms with Gasteiger partial charge in [-0.1, -0.05) is 13.0 Å². The first-order chi connectivity index (χ1) is 7.71. The van der Waals surface area contributed by atoms with Gasteiger partial charge in [-0.15, -0.1) is 0 Å². The van der Waals surface area contributed by atoms with Crippen LogP contribution in [0.25, 0.3) is 0 Å². The minimum Gasteiger partial charge on any atom is -0.325 e. The minimum atomic E-state index is -0.647. The largest absolute Gasteiger partial charge is 0.325 e. The molecule has 4 heteroatoms. The second kappa shape index (κ2) is 5.53. The Morgan fingerprint density at radius 3 is 2.81 bits per heavy atom. The van der Waals surface area contributed by atoms with E-state index in [1.165, 1.54) is 0 Å². The monoisotopic (exact) mass is 213 g/mol. The van der Waals surface area contributed by atoms with E-state index in [9.17, 15) is 4.79 Å². The fourth-order valence-corrected chi connectivity index (χ4v) is 1.23. The fraction of sp³-hybridized carbons (Fsp3) is 0.250. The Bertz CT molecular complexity index is 468. The van der Waals surface area contributed by atoms with Crippen LogP contribution >= 0.6 is 0 Å². The number of hydrogen-bond donors (Lipinski definition) is 1. The quantitative estimate of drug-likeness (QED) is 0.834. The Balaban J connectivity index is 2.78. The molecule has 0 aliphatic rings. The maximum atomic E-state index is 11.6. The number of nitrogens with one attached hydrogen (secondary N) is 1. The number of rotatable bonds is 3. The van der Waals surface area contributed by atoms with Crippen LogP contribution < -0.4 is 5.32 Å². The molecule has 1 aromatic carbocycles. The van der Waals surface area contributed by atoms with Gasteiger partial charge in [-0.05, 0) is 24.6 Å². The van der Waals surface area contributed by atoms with Gasteiger partial charge in [0, 0.05) is 5.69 Å². The summed E-state index contributed by atoms with van der Waals surface area (Å²) in [7, 11) is 0. The smallest absolute Gasteiger partial charge is 0.241 e. The van der Waals surface area contributed by atoms with Crippen LogP contribution in [0.5, 0.6) is 0 Å². The predicted molar refractivity (Wildman–Crippen MR) is 59.2 cm³/mol. The van der Waals surface area contributed by atoms with Gasteiger partial charge in [-0.2, -0.15) is 10.5 Å². The molecule has 0 heterocycles. The van der Waals surface area contributed by atoms with Crippen molar-refractivity contribution in [3.05, 3.63) is 29.8 Å². The highest BCUT2D eigenvalue weighted by Gasteiger charge is 2.15. The van der Waals surface area contributed by atoms with Crippen molar-refractivity contribution in [3.8, 4) is 12.1 Å². The number of anilines is 1. The fourth-order valence-electron chi connectivity index (χ4n) is 1.23. The zero-order chi connectivity index (χ0) is 12.0. The Hall–Kier alpha value is -2.33. The maximum absolute atomic E-state index is 11.6. The number of nitriles is 2. The van der Waals surface area contributed by atoms with Gasteiger partial charge in [-0.25, -0.2) is 0 Å². The van der Waals surface area contributed by atoms with Crippen LogP contribution in [0.15, 0.2) is 24.3 Å². The third-order valence-corrected chi connectivity index (χ3v) is 2.14. The number of carbonyl (C=O) groups excluding carboxylic acids is 1. The number of amides is 1. The third-order valence-electron chi connectivity index (χ3n) is 2.14. The molecular weight excluding hydrogens is 202 g/mol. The van der Waals surface area contributed by atoms with E-state index in [1.54, 1.807) is 31.2 Å². The highest BCUT2D eigenvalue weighted by molar-refractivity contribution is 5.94. The molecule has 0 spiro atoms. The molecule has 1 N–H and O–H groups in total. The average Bonchev–Trinajstić information content (AvgIpc) is 2.31. The molecule has 0 radical (unpaired) electrons. The second-order valence-corrected chi connectivity index (χ2v) is 3.27. The molecule has 0 aromatic heterocycles. The highest BCUT2D eigenvalue weighted by Crippen LogP contribution is 2.12. The molecule has 1 unspecified atom stereocenters. The van der Waals surface area contributed by atoms with Gasteiger partial charge in [0.15, 0.2) is 0 Å². The molecule has 16 heavy (non-hydrogen) atoms. The molecule has 0 aliphatic heterocycles. The SMILES string of the molecule is CCC(C#N)C(=O)Nc1cccc(C#N)c1. The molecule has 0 aliphatic carbocycles. The van der Waals surface area contributed by atoms with Crippen molar-refractivity contribution in [2.45, 2.75) is 13.3 Å². The lowest BCUT2D eigenvalue weighted by Crippen LogP contribution is -2.20. The van der Waals surface area contributed by atoms with Crippen molar-refractivity contribution < 1.29 is 4.79 Å². The Kier molecular flexibility index (Phi) is 4.06. The zero-order valence-corrected chi connectivity index (χ0v) is 8.90. The van der Waals surface area contributed by atoms with Gasteiger partial charge in [0.1, 0.15) is 5.92 Å². The summed E-state index contributed by atoms with van der Waals surface area (Å²) in [6.45, 7) is 1.78. The topological polar surface area (TPSA) is 76.7 Å². The normalized spacial score (nSPS) is 10.9. The van der Waals surface area contributed by atoms with Crippen LogP contribution in [0.2, 0.25) is 0 Å². The second-order valence-electron chi connectivity index (χ2n) is 3.27. The zero-order valence-electron chi connectivity index (χ0n) is 8.90. The summed E-state index contributed by atoms with van der Waals surface area (Å²) in [4.78, 5) is 11.6. The molecule has 0 saturated heterocycles. The van der Waals surface area contributed by atoms with Crippen molar-refractivity contribution in [2.75, 3.05) is 5.32 Å². The van der Waals surface area contributed by atoms with E-state index in [0.717, 1.165) is 0 Å². The molecule has 80 valence electrons. The molecular formula is C12H11N3O. The van der Waals surface area contributed by atoms with Gasteiger partial charge < -0.3 is 5.32 Å². The highest BCUT2D eigenvalue weighted by atomic mass is 16.1. The average molecular weight is 213 g/mol. The third kappa shape index (κ3) is 2.83. The standard InChI is InChI=1S/C12H11N3O/c1-2-10(8-14)12(16)15-11-5-3-4-9(6-11)7-13/h3-6,10H,2H2,1H3,(H,15,16). The summed E-state index contributed by atoms with van der Waals surface area (Å²) in [5, 5.41) is 20.0. The summed E-state index contributed by atoms with van der Waals surface area (Å²) in [5.74, 6) is -0.981. The van der Waals surface area contributed by atoms with Crippen molar-refractivity contribution in [2.24, 2.45) is 5.92 Å². The van der Waals surface area contributed by atoms with E-state index >= 15 is 0 Å². The Morgan fingerprint density at radius 2 is 2.25 bits per heavy atom. The summed E-state index contributed by atoms with van der Waals surface area (Å²) in [6.07, 6.45) is 0.472. The van der Waals surface area contributed by atoms with E-state index in [0.29, 0.717) is 17.7 Å². The lowest BCUT2D eigenvalue weighted by molar-refractivity contribution is -0.118. The summed E-state index contributed by atoms with van der Waals surface area (Å²) in [5.41, 5.74) is 1.01. The first-order valence-electron chi connectivity index (χ1n) is 4.92. The lowest BCUT2D eigenvalue weighted by Gasteiger charge is -2.07. The van der Waals surface area contributed by atoms with Gasteiger partial charge >= 0.3 is 0 Å². The molecule has 0 bridgehead atoms. The number of hydrogen-bond acceptors (Lipinski definition) is 3. The Morgan fingerprint density at radius 1 is 1.50 bits per heavy atom. The first kappa shape index (κ1) is 11.7. The molecule has 0 fully saturated rings. The van der Waals surface area contributed by atoms with Gasteiger partial charge in [0.05, 0.1) is 17.7 Å². The van der Waals surface area contributed by atoms with Crippen LogP contribution in [-0.2, 0) is 4.79 Å². The van der Waals surface area contributed by atoms with Gasteiger partial charge in [-0.3, -0.25) is 4.79 Å². The van der Waals surface area contributed by atoms with Crippen molar-refractivity contribution in [1.29, 1.82) is 10.5 Å². The van der Waals surface area contributed by atoms with E-state index < -0.39 is 5.92 Å². The van der Waals surface area contributed by atoms with E-state index in [1.807, 2.05) is 12.1 Å². The maximum Gasteiger partial charge on any atom is 0.241 e. The molecule has 1 amide bonds. The summed E-state index contributed by atoms with van der Waals surface area (Å²) < 4.78 is 0. The van der Waals surface area contributed by atoms with Crippen LogP contribution in [0.4, 0.5) is 5.69 Å². The van der Waals surface area contributed by atoms with E-state index in [2.05, 4.69) is 5.32 Å². The molecule has 1 atom stereocenters. The van der Waals surface area contributed by atoms with E-state index in [-0.39, 0.29) is 5.91 Å². The lowest BCUT2D eigenvalue weighted by atomic mass is 10.1. The molecule has 1 aromatic rings. The van der Waals surface area contributed by atoms with Crippen LogP contribution in [0.3, 0.4) is 0 Å². The Labute approximate surface area is 94.1 Å². The summed E-state index contributed by atoms with van der Waals surface area (Å²) >= 11 is 0. The van der Waals surface area contributed by atoms with Crippen molar-refractivity contribution in [1.82, 2.24) is 0 Å². The first-order valence-corrected chi connectivity index (χ1v) is 4.92. The molecule has 1 rings (SSSR count). The van der Waals surface area contributed by atoms with Gasteiger partial charge in [0.25, 0.3) is 0 Å². The van der Waals surface area contributed by atoms with E-state index in [4.69, 9.17) is 10.5 Å². The van der Waals surface area contributed by atoms with Crippen molar-refractivity contribution >= 4 is 11.6 Å². The van der Waals surface area contributed by atoms with Crippen LogP contribution in [0.1, 0.15) is 18.9 Å². The summed E-state index contributed by atoms with van der Waals surface area (Å²) in [6, 6.07) is 10.5. The van der Waals surface area contributed by atoms with Crippen LogP contribution in [0, 0.1) is 28.6 Å². The number of carbonyl (C=O) groups is 1. The minimum absolute atomic E-state index is 0.333. The van der Waals surface area contributed by atoms with Crippen LogP contribution in [-0.4, -0.2) is 5.91 Å². The molecule has 0 saturated carbocycles. The van der Waals surface area contributed by atoms with Crippen molar-refractivity contribution in [3.63, 3.8) is 0 Å².